The van der Waals surface area contributed by atoms with E-state index in [9.17, 15) is 9.59 Å². The number of ether oxygens (including phenoxy) is 2. The van der Waals surface area contributed by atoms with Crippen LogP contribution in [0.15, 0.2) is 54.6 Å². The Morgan fingerprint density at radius 2 is 1.82 bits per heavy atom. The maximum atomic E-state index is 12.0. The molecule has 1 N–H and O–H groups in total. The highest BCUT2D eigenvalue weighted by atomic mass is 16.5. The average Bonchev–Trinajstić information content (AvgIpc) is 3.05. The summed E-state index contributed by atoms with van der Waals surface area (Å²) in [6.07, 6.45) is 0.491. The van der Waals surface area contributed by atoms with E-state index in [4.69, 9.17) is 9.47 Å². The number of imidazole rings is 1. The zero-order chi connectivity index (χ0) is 19.8. The fourth-order valence-corrected chi connectivity index (χ4v) is 2.86. The summed E-state index contributed by atoms with van der Waals surface area (Å²) >= 11 is 0. The summed E-state index contributed by atoms with van der Waals surface area (Å²) in [6.45, 7) is 2.54. The summed E-state index contributed by atoms with van der Waals surface area (Å²) in [7, 11) is 0. The largest absolute Gasteiger partial charge is 0.484 e. The maximum absolute atomic E-state index is 12.0. The SMILES string of the molecule is CCOC(=O)Cn1c(CCNC(=O)COc2ccccc2)nc2ccccc21. The normalized spacial score (nSPS) is 10.6. The van der Waals surface area contributed by atoms with Gasteiger partial charge in [0.15, 0.2) is 6.61 Å². The number of para-hydroxylation sites is 3. The van der Waals surface area contributed by atoms with Gasteiger partial charge in [0.25, 0.3) is 5.91 Å². The zero-order valence-electron chi connectivity index (χ0n) is 15.8. The van der Waals surface area contributed by atoms with Crippen molar-refractivity contribution in [2.24, 2.45) is 0 Å². The van der Waals surface area contributed by atoms with Crippen LogP contribution >= 0.6 is 0 Å². The predicted octanol–water partition coefficient (Wildman–Crippen LogP) is 2.34. The smallest absolute Gasteiger partial charge is 0.326 e. The molecule has 1 heterocycles. The number of hydrogen-bond donors (Lipinski definition) is 1. The van der Waals surface area contributed by atoms with Gasteiger partial charge in [-0.1, -0.05) is 30.3 Å². The molecule has 0 saturated carbocycles. The van der Waals surface area contributed by atoms with Gasteiger partial charge in [-0.25, -0.2) is 4.98 Å². The highest BCUT2D eigenvalue weighted by Gasteiger charge is 2.14. The second-order valence-corrected chi connectivity index (χ2v) is 6.11. The lowest BCUT2D eigenvalue weighted by atomic mass is 10.3. The minimum atomic E-state index is -0.313. The van der Waals surface area contributed by atoms with Gasteiger partial charge >= 0.3 is 5.97 Å². The first-order chi connectivity index (χ1) is 13.7. The highest BCUT2D eigenvalue weighted by Crippen LogP contribution is 2.16. The molecule has 0 aliphatic rings. The van der Waals surface area contributed by atoms with Crippen molar-refractivity contribution >= 4 is 22.9 Å². The number of carbonyl (C=O) groups is 2. The van der Waals surface area contributed by atoms with Crippen molar-refractivity contribution in [1.82, 2.24) is 14.9 Å². The summed E-state index contributed by atoms with van der Waals surface area (Å²) in [4.78, 5) is 28.5. The van der Waals surface area contributed by atoms with Crippen LogP contribution in [0, 0.1) is 0 Å². The molecule has 2 aromatic carbocycles. The van der Waals surface area contributed by atoms with Gasteiger partial charge in [0.05, 0.1) is 17.6 Å². The molecule has 0 saturated heterocycles. The van der Waals surface area contributed by atoms with Gasteiger partial charge in [-0.15, -0.1) is 0 Å². The number of amides is 1. The van der Waals surface area contributed by atoms with Crippen molar-refractivity contribution in [3.8, 4) is 5.75 Å². The molecule has 0 unspecified atom stereocenters. The summed E-state index contributed by atoms with van der Waals surface area (Å²) in [6, 6.07) is 16.8. The first-order valence-electron chi connectivity index (χ1n) is 9.21. The molecule has 0 bridgehead atoms. The number of aromatic nitrogens is 2. The van der Waals surface area contributed by atoms with E-state index in [1.165, 1.54) is 0 Å². The van der Waals surface area contributed by atoms with Gasteiger partial charge in [-0.3, -0.25) is 9.59 Å². The van der Waals surface area contributed by atoms with Crippen molar-refractivity contribution in [3.63, 3.8) is 0 Å². The van der Waals surface area contributed by atoms with Gasteiger partial charge in [-0.2, -0.15) is 0 Å². The first kappa shape index (κ1) is 19.4. The second kappa shape index (κ2) is 9.55. The van der Waals surface area contributed by atoms with Gasteiger partial charge < -0.3 is 19.4 Å². The van der Waals surface area contributed by atoms with Crippen LogP contribution in [0.4, 0.5) is 0 Å². The molecule has 3 rings (SSSR count). The predicted molar refractivity (Wildman–Crippen MR) is 105 cm³/mol. The van der Waals surface area contributed by atoms with Crippen molar-refractivity contribution < 1.29 is 19.1 Å². The molecule has 0 atom stereocenters. The molecule has 0 aliphatic carbocycles. The lowest BCUT2D eigenvalue weighted by Crippen LogP contribution is -2.31. The van der Waals surface area contributed by atoms with Crippen molar-refractivity contribution in [3.05, 3.63) is 60.4 Å². The number of nitrogens with one attached hydrogen (secondary N) is 1. The summed E-state index contributed by atoms with van der Waals surface area (Å²) < 4.78 is 12.3. The third kappa shape index (κ3) is 5.09. The molecule has 0 aliphatic heterocycles. The van der Waals surface area contributed by atoms with E-state index in [1.54, 1.807) is 19.1 Å². The van der Waals surface area contributed by atoms with Crippen LogP contribution in [0.1, 0.15) is 12.7 Å². The van der Waals surface area contributed by atoms with Crippen molar-refractivity contribution in [1.29, 1.82) is 0 Å². The first-order valence-corrected chi connectivity index (χ1v) is 9.21. The maximum Gasteiger partial charge on any atom is 0.326 e. The lowest BCUT2D eigenvalue weighted by Gasteiger charge is -2.10. The molecule has 28 heavy (non-hydrogen) atoms. The van der Waals surface area contributed by atoms with Crippen LogP contribution in [0.3, 0.4) is 0 Å². The Morgan fingerprint density at radius 3 is 2.61 bits per heavy atom. The Labute approximate surface area is 163 Å². The Bertz CT molecular complexity index is 937. The number of rotatable bonds is 9. The third-order valence-corrected chi connectivity index (χ3v) is 4.11. The molecule has 0 spiro atoms. The van der Waals surface area contributed by atoms with Crippen LogP contribution in [-0.4, -0.2) is 41.2 Å². The molecular formula is C21H23N3O4. The molecule has 1 amide bonds. The molecule has 146 valence electrons. The molecule has 0 fully saturated rings. The van der Waals surface area contributed by atoms with Crippen LogP contribution in [0.2, 0.25) is 0 Å². The van der Waals surface area contributed by atoms with Crippen LogP contribution in [-0.2, 0) is 27.3 Å². The minimum Gasteiger partial charge on any atom is -0.484 e. The quantitative estimate of drug-likeness (QED) is 0.575. The number of esters is 1. The van der Waals surface area contributed by atoms with Gasteiger partial charge in [0.2, 0.25) is 0 Å². The highest BCUT2D eigenvalue weighted by molar-refractivity contribution is 5.79. The monoisotopic (exact) mass is 381 g/mol. The second-order valence-electron chi connectivity index (χ2n) is 6.11. The summed E-state index contributed by atoms with van der Waals surface area (Å²) in [5.41, 5.74) is 1.67. The Hall–Kier alpha value is -3.35. The minimum absolute atomic E-state index is 0.0523. The van der Waals surface area contributed by atoms with Gasteiger partial charge in [0.1, 0.15) is 18.1 Å². The summed E-state index contributed by atoms with van der Waals surface area (Å²) in [5, 5.41) is 2.82. The number of nitrogens with zero attached hydrogens (tertiary/aromatic N) is 2. The van der Waals surface area contributed by atoms with E-state index in [0.717, 1.165) is 16.9 Å². The third-order valence-electron chi connectivity index (χ3n) is 4.11. The number of benzene rings is 2. The average molecular weight is 381 g/mol. The van der Waals surface area contributed by atoms with E-state index in [1.807, 2.05) is 47.0 Å². The Morgan fingerprint density at radius 1 is 1.07 bits per heavy atom. The molecule has 1 aromatic heterocycles. The Balaban J connectivity index is 1.58. The summed E-state index contributed by atoms with van der Waals surface area (Å²) in [5.74, 6) is 0.844. The van der Waals surface area contributed by atoms with Crippen molar-refractivity contribution in [2.75, 3.05) is 19.8 Å². The zero-order valence-corrected chi connectivity index (χ0v) is 15.8. The number of fused-ring (bicyclic) bond motifs is 1. The van der Waals surface area contributed by atoms with Crippen LogP contribution in [0.5, 0.6) is 5.75 Å². The van der Waals surface area contributed by atoms with E-state index in [2.05, 4.69) is 10.3 Å². The number of carbonyl (C=O) groups excluding carboxylic acids is 2. The van der Waals surface area contributed by atoms with E-state index < -0.39 is 0 Å². The standard InChI is InChI=1S/C21H23N3O4/c1-2-27-21(26)14-24-18-11-7-6-10-17(18)23-19(24)12-13-22-20(25)15-28-16-8-4-3-5-9-16/h3-11H,2,12-15H2,1H3,(H,22,25). The fraction of sp³-hybridized carbons (Fsp3) is 0.286. The van der Waals surface area contributed by atoms with E-state index >= 15 is 0 Å². The fourth-order valence-electron chi connectivity index (χ4n) is 2.86. The topological polar surface area (TPSA) is 82.5 Å². The number of hydrogen-bond acceptors (Lipinski definition) is 5. The molecular weight excluding hydrogens is 358 g/mol. The van der Waals surface area contributed by atoms with Gasteiger partial charge in [-0.05, 0) is 31.2 Å². The van der Waals surface area contributed by atoms with Crippen molar-refractivity contribution in [2.45, 2.75) is 19.9 Å². The van der Waals surface area contributed by atoms with E-state index in [0.29, 0.717) is 25.3 Å². The molecule has 3 aromatic rings. The molecule has 7 nitrogen and oxygen atoms in total. The molecule has 0 radical (unpaired) electrons. The molecule has 7 heteroatoms. The Kier molecular flexibility index (Phi) is 6.62. The van der Waals surface area contributed by atoms with Crippen LogP contribution in [0.25, 0.3) is 11.0 Å². The lowest BCUT2D eigenvalue weighted by molar-refractivity contribution is -0.143. The van der Waals surface area contributed by atoms with E-state index in [-0.39, 0.29) is 25.0 Å². The van der Waals surface area contributed by atoms with Crippen LogP contribution < -0.4 is 10.1 Å². The van der Waals surface area contributed by atoms with Gasteiger partial charge in [0, 0.05) is 13.0 Å².